The number of carbonyl (C=O) groups excluding carboxylic acids is 1. The van der Waals surface area contributed by atoms with Gasteiger partial charge in [-0.1, -0.05) is 17.7 Å². The second-order valence-electron chi connectivity index (χ2n) is 5.64. The van der Waals surface area contributed by atoms with E-state index >= 15 is 0 Å². The first-order chi connectivity index (χ1) is 12.1. The zero-order valence-corrected chi connectivity index (χ0v) is 15.9. The van der Waals surface area contributed by atoms with Gasteiger partial charge in [-0.2, -0.15) is 0 Å². The van der Waals surface area contributed by atoms with Crippen molar-refractivity contribution in [2.75, 3.05) is 19.4 Å². The number of ether oxygens (including phenoxy) is 1. The van der Waals surface area contributed by atoms with E-state index in [-0.39, 0.29) is 15.7 Å². The lowest BCUT2D eigenvalue weighted by atomic mass is 10.3. The SMILES string of the molecule is C[C@@H](Oc1ccc(F)c(Cl)c1)C(=O)Nc1cccc(S(=O)(=O)N(C)C)c1. The smallest absolute Gasteiger partial charge is 0.265 e. The molecule has 2 aromatic carbocycles. The van der Waals surface area contributed by atoms with Crippen molar-refractivity contribution >= 4 is 33.2 Å². The second-order valence-corrected chi connectivity index (χ2v) is 8.20. The van der Waals surface area contributed by atoms with Gasteiger partial charge in [-0.25, -0.2) is 17.1 Å². The number of benzene rings is 2. The van der Waals surface area contributed by atoms with Crippen LogP contribution in [0.2, 0.25) is 5.02 Å². The first-order valence-electron chi connectivity index (χ1n) is 7.56. The maximum absolute atomic E-state index is 13.2. The highest BCUT2D eigenvalue weighted by Crippen LogP contribution is 2.22. The molecular formula is C17H18ClFN2O4S. The van der Waals surface area contributed by atoms with E-state index in [0.717, 1.165) is 10.4 Å². The molecule has 1 N–H and O–H groups in total. The average molecular weight is 401 g/mol. The van der Waals surface area contributed by atoms with Crippen LogP contribution in [0.5, 0.6) is 5.75 Å². The van der Waals surface area contributed by atoms with E-state index < -0.39 is 27.9 Å². The monoisotopic (exact) mass is 400 g/mol. The largest absolute Gasteiger partial charge is 0.481 e. The minimum Gasteiger partial charge on any atom is -0.481 e. The molecular weight excluding hydrogens is 383 g/mol. The van der Waals surface area contributed by atoms with Crippen LogP contribution in [0.3, 0.4) is 0 Å². The number of sulfonamides is 1. The van der Waals surface area contributed by atoms with E-state index in [0.29, 0.717) is 5.69 Å². The Morgan fingerprint density at radius 2 is 1.92 bits per heavy atom. The van der Waals surface area contributed by atoms with Crippen LogP contribution in [-0.2, 0) is 14.8 Å². The van der Waals surface area contributed by atoms with Gasteiger partial charge in [0, 0.05) is 25.8 Å². The number of amides is 1. The quantitative estimate of drug-likeness (QED) is 0.808. The van der Waals surface area contributed by atoms with Crippen molar-refractivity contribution in [2.45, 2.75) is 17.9 Å². The molecule has 2 rings (SSSR count). The minimum absolute atomic E-state index is 0.0548. The fourth-order valence-electron chi connectivity index (χ4n) is 2.00. The number of nitrogens with zero attached hydrogens (tertiary/aromatic N) is 1. The number of carbonyl (C=O) groups is 1. The van der Waals surface area contributed by atoms with E-state index in [1.54, 1.807) is 6.07 Å². The Hall–Kier alpha value is -2.16. The predicted molar refractivity (Wildman–Crippen MR) is 97.4 cm³/mol. The Kier molecular flexibility index (Phi) is 6.22. The predicted octanol–water partition coefficient (Wildman–Crippen LogP) is 3.14. The van der Waals surface area contributed by atoms with Gasteiger partial charge in [0.15, 0.2) is 6.10 Å². The van der Waals surface area contributed by atoms with Crippen LogP contribution in [0.25, 0.3) is 0 Å². The van der Waals surface area contributed by atoms with Crippen molar-refractivity contribution in [1.29, 1.82) is 0 Å². The Balaban J connectivity index is 2.10. The normalized spacial score (nSPS) is 12.7. The molecule has 1 atom stereocenters. The molecule has 0 aliphatic carbocycles. The van der Waals surface area contributed by atoms with Crippen LogP contribution in [0.15, 0.2) is 47.4 Å². The standard InChI is InChI=1S/C17H18ClFN2O4S/c1-11(25-13-7-8-16(19)15(18)10-13)17(22)20-12-5-4-6-14(9-12)26(23,24)21(2)3/h4-11H,1-3H3,(H,20,22)/t11-/m1/s1. The first-order valence-corrected chi connectivity index (χ1v) is 9.38. The lowest BCUT2D eigenvalue weighted by Crippen LogP contribution is -2.30. The molecule has 26 heavy (non-hydrogen) atoms. The molecule has 0 heterocycles. The zero-order valence-electron chi connectivity index (χ0n) is 14.4. The van der Waals surface area contributed by atoms with Crippen LogP contribution < -0.4 is 10.1 Å². The summed E-state index contributed by atoms with van der Waals surface area (Å²) in [6.45, 7) is 1.51. The Bertz CT molecular complexity index is 919. The van der Waals surface area contributed by atoms with E-state index in [4.69, 9.17) is 16.3 Å². The molecule has 0 spiro atoms. The molecule has 1 amide bonds. The van der Waals surface area contributed by atoms with E-state index in [9.17, 15) is 17.6 Å². The average Bonchev–Trinajstić information content (AvgIpc) is 2.58. The van der Waals surface area contributed by atoms with Crippen LogP contribution in [0, 0.1) is 5.82 Å². The summed E-state index contributed by atoms with van der Waals surface area (Å²) in [5.41, 5.74) is 0.311. The van der Waals surface area contributed by atoms with Gasteiger partial charge in [-0.15, -0.1) is 0 Å². The number of anilines is 1. The van der Waals surface area contributed by atoms with Gasteiger partial charge in [0.2, 0.25) is 10.0 Å². The molecule has 6 nitrogen and oxygen atoms in total. The molecule has 0 radical (unpaired) electrons. The maximum Gasteiger partial charge on any atom is 0.265 e. The van der Waals surface area contributed by atoms with Crippen LogP contribution in [0.4, 0.5) is 10.1 Å². The molecule has 0 saturated carbocycles. The summed E-state index contributed by atoms with van der Waals surface area (Å²) in [7, 11) is -0.770. The number of nitrogens with one attached hydrogen (secondary N) is 1. The number of rotatable bonds is 6. The third kappa shape index (κ3) is 4.72. The van der Waals surface area contributed by atoms with E-state index in [2.05, 4.69) is 5.32 Å². The van der Waals surface area contributed by atoms with Crippen LogP contribution in [-0.4, -0.2) is 38.8 Å². The molecule has 0 aromatic heterocycles. The topological polar surface area (TPSA) is 75.7 Å². The van der Waals surface area contributed by atoms with Crippen molar-refractivity contribution < 1.29 is 22.3 Å². The van der Waals surface area contributed by atoms with Gasteiger partial charge in [-0.05, 0) is 37.3 Å². The van der Waals surface area contributed by atoms with Crippen molar-refractivity contribution in [1.82, 2.24) is 4.31 Å². The molecule has 9 heteroatoms. The Morgan fingerprint density at radius 3 is 2.54 bits per heavy atom. The van der Waals surface area contributed by atoms with E-state index in [1.807, 2.05) is 0 Å². The molecule has 0 fully saturated rings. The molecule has 0 saturated heterocycles. The lowest BCUT2D eigenvalue weighted by Gasteiger charge is -2.16. The molecule has 0 bridgehead atoms. The summed E-state index contributed by atoms with van der Waals surface area (Å²) in [6, 6.07) is 9.64. The zero-order chi connectivity index (χ0) is 19.5. The van der Waals surface area contributed by atoms with Gasteiger partial charge >= 0.3 is 0 Å². The number of halogens is 2. The molecule has 2 aromatic rings. The van der Waals surface area contributed by atoms with E-state index in [1.165, 1.54) is 51.4 Å². The summed E-state index contributed by atoms with van der Waals surface area (Å²) >= 11 is 5.68. The third-order valence-electron chi connectivity index (χ3n) is 3.45. The summed E-state index contributed by atoms with van der Waals surface area (Å²) < 4.78 is 44.0. The fourth-order valence-corrected chi connectivity index (χ4v) is 3.12. The van der Waals surface area contributed by atoms with Gasteiger partial charge in [-0.3, -0.25) is 4.79 Å². The fraction of sp³-hybridized carbons (Fsp3) is 0.235. The van der Waals surface area contributed by atoms with Crippen molar-refractivity contribution in [3.05, 3.63) is 53.3 Å². The summed E-state index contributed by atoms with van der Waals surface area (Å²) in [5.74, 6) is -0.845. The third-order valence-corrected chi connectivity index (χ3v) is 5.55. The van der Waals surface area contributed by atoms with Crippen molar-refractivity contribution in [2.24, 2.45) is 0 Å². The number of hydrogen-bond acceptors (Lipinski definition) is 4. The van der Waals surface area contributed by atoms with Gasteiger partial charge in [0.1, 0.15) is 11.6 Å². The van der Waals surface area contributed by atoms with Crippen molar-refractivity contribution in [3.8, 4) is 5.75 Å². The van der Waals surface area contributed by atoms with Crippen molar-refractivity contribution in [3.63, 3.8) is 0 Å². The first kappa shape index (κ1) is 20.2. The summed E-state index contributed by atoms with van der Waals surface area (Å²) in [5, 5.41) is 2.47. The maximum atomic E-state index is 13.2. The van der Waals surface area contributed by atoms with Gasteiger partial charge < -0.3 is 10.1 Å². The van der Waals surface area contributed by atoms with Gasteiger partial charge in [0.25, 0.3) is 5.91 Å². The second kappa shape index (κ2) is 8.03. The Morgan fingerprint density at radius 1 is 1.23 bits per heavy atom. The van der Waals surface area contributed by atoms with Gasteiger partial charge in [0.05, 0.1) is 9.92 Å². The highest BCUT2D eigenvalue weighted by Gasteiger charge is 2.19. The highest BCUT2D eigenvalue weighted by molar-refractivity contribution is 7.89. The molecule has 0 aliphatic heterocycles. The summed E-state index contributed by atoms with van der Waals surface area (Å²) in [6.07, 6.45) is -0.911. The molecule has 140 valence electrons. The lowest BCUT2D eigenvalue weighted by molar-refractivity contribution is -0.122. The molecule has 0 unspecified atom stereocenters. The van der Waals surface area contributed by atoms with Crippen LogP contribution >= 0.6 is 11.6 Å². The number of hydrogen-bond donors (Lipinski definition) is 1. The minimum atomic E-state index is -3.61. The highest BCUT2D eigenvalue weighted by atomic mass is 35.5. The van der Waals surface area contributed by atoms with Crippen LogP contribution in [0.1, 0.15) is 6.92 Å². The Labute approximate surface area is 156 Å². The summed E-state index contributed by atoms with van der Waals surface area (Å²) in [4.78, 5) is 12.3. The molecule has 0 aliphatic rings.